The first-order valence-corrected chi connectivity index (χ1v) is 12.4. The largest absolute Gasteiger partial charge is 0.367 e. The lowest BCUT2D eigenvalue weighted by Crippen LogP contribution is -2.46. The second-order valence-electron chi connectivity index (χ2n) is 9.10. The Hall–Kier alpha value is -2.94. The average Bonchev–Trinajstić information content (AvgIpc) is 3.10. The van der Waals surface area contributed by atoms with Crippen LogP contribution in [-0.2, 0) is 11.3 Å². The highest BCUT2D eigenvalue weighted by Gasteiger charge is 2.22. The van der Waals surface area contributed by atoms with Gasteiger partial charge in [0, 0.05) is 71.4 Å². The normalized spacial score (nSPS) is 17.6. The van der Waals surface area contributed by atoms with Crippen molar-refractivity contribution in [3.8, 4) is 0 Å². The summed E-state index contributed by atoms with van der Waals surface area (Å²) in [4.78, 5) is 40.8. The van der Waals surface area contributed by atoms with Crippen LogP contribution in [0.4, 0.5) is 16.0 Å². The number of aromatic amines is 1. The molecule has 0 aliphatic carbocycles. The van der Waals surface area contributed by atoms with Gasteiger partial charge in [-0.15, -0.1) is 0 Å². The fraction of sp³-hybridized carbons (Fsp3) is 0.560. The molecule has 1 aromatic carbocycles. The molecule has 0 spiro atoms. The first-order valence-electron chi connectivity index (χ1n) is 12.4. The van der Waals surface area contributed by atoms with Gasteiger partial charge in [0.05, 0.1) is 11.4 Å². The van der Waals surface area contributed by atoms with E-state index in [0.29, 0.717) is 37.7 Å². The zero-order valence-corrected chi connectivity index (χ0v) is 20.0. The number of para-hydroxylation sites is 1. The fourth-order valence-corrected chi connectivity index (χ4v) is 4.67. The van der Waals surface area contributed by atoms with Crippen molar-refractivity contribution >= 4 is 17.5 Å². The van der Waals surface area contributed by atoms with Crippen molar-refractivity contribution in [2.75, 3.05) is 62.2 Å². The number of piperazine rings is 1. The van der Waals surface area contributed by atoms with Gasteiger partial charge in [0.1, 0.15) is 5.82 Å². The zero-order chi connectivity index (χ0) is 23.9. The van der Waals surface area contributed by atoms with E-state index in [0.717, 1.165) is 64.2 Å². The molecule has 184 valence electrons. The van der Waals surface area contributed by atoms with Crippen LogP contribution in [-0.4, -0.2) is 78.0 Å². The molecule has 8 nitrogen and oxygen atoms in total. The molecule has 0 radical (unpaired) electrons. The molecule has 2 aliphatic heterocycles. The summed E-state index contributed by atoms with van der Waals surface area (Å²) in [6.45, 7) is 8.48. The number of unbranched alkanes of at least 4 members (excludes halogenated alkanes) is 1. The first kappa shape index (κ1) is 24.2. The van der Waals surface area contributed by atoms with Gasteiger partial charge in [-0.05, 0) is 25.0 Å². The summed E-state index contributed by atoms with van der Waals surface area (Å²) < 4.78 is 14.1. The molecule has 2 fully saturated rings. The Labute approximate surface area is 200 Å². The Morgan fingerprint density at radius 1 is 1.03 bits per heavy atom. The monoisotopic (exact) mass is 470 g/mol. The van der Waals surface area contributed by atoms with Gasteiger partial charge in [0.25, 0.3) is 5.56 Å². The van der Waals surface area contributed by atoms with Gasteiger partial charge in [0.2, 0.25) is 11.9 Å². The van der Waals surface area contributed by atoms with E-state index in [1.165, 1.54) is 6.07 Å². The predicted molar refractivity (Wildman–Crippen MR) is 132 cm³/mol. The van der Waals surface area contributed by atoms with E-state index in [4.69, 9.17) is 4.98 Å². The van der Waals surface area contributed by atoms with E-state index in [2.05, 4.69) is 26.6 Å². The van der Waals surface area contributed by atoms with Crippen molar-refractivity contribution in [1.82, 2.24) is 19.8 Å². The van der Waals surface area contributed by atoms with Crippen molar-refractivity contribution in [2.45, 2.75) is 39.2 Å². The number of carbonyl (C=O) groups excluding carboxylic acids is 1. The van der Waals surface area contributed by atoms with Gasteiger partial charge in [-0.1, -0.05) is 25.5 Å². The minimum atomic E-state index is -0.195. The van der Waals surface area contributed by atoms with Gasteiger partial charge in [-0.25, -0.2) is 9.37 Å². The average molecular weight is 471 g/mol. The lowest BCUT2D eigenvalue weighted by Gasteiger charge is -2.36. The van der Waals surface area contributed by atoms with Gasteiger partial charge in [0.15, 0.2) is 0 Å². The van der Waals surface area contributed by atoms with Crippen LogP contribution < -0.4 is 15.4 Å². The van der Waals surface area contributed by atoms with Crippen LogP contribution in [0, 0.1) is 5.82 Å². The first-order chi connectivity index (χ1) is 16.5. The summed E-state index contributed by atoms with van der Waals surface area (Å²) in [6, 6.07) is 8.43. The van der Waals surface area contributed by atoms with E-state index in [9.17, 15) is 14.0 Å². The fourth-order valence-electron chi connectivity index (χ4n) is 4.67. The summed E-state index contributed by atoms with van der Waals surface area (Å²) in [5, 5.41) is 0. The number of benzene rings is 1. The number of nitrogens with zero attached hydrogens (tertiary/aromatic N) is 5. The number of hydrogen-bond acceptors (Lipinski definition) is 6. The molecule has 1 aromatic heterocycles. The smallest absolute Gasteiger partial charge is 0.252 e. The van der Waals surface area contributed by atoms with Crippen LogP contribution in [0.2, 0.25) is 0 Å². The molecule has 2 saturated heterocycles. The van der Waals surface area contributed by atoms with Crippen molar-refractivity contribution in [1.29, 1.82) is 0 Å². The molecule has 2 aromatic rings. The molecule has 3 heterocycles. The van der Waals surface area contributed by atoms with E-state index >= 15 is 0 Å². The summed E-state index contributed by atoms with van der Waals surface area (Å²) in [5.41, 5.74) is 1.21. The molecular formula is C25H35FN6O2. The number of hydrogen-bond donors (Lipinski definition) is 1. The van der Waals surface area contributed by atoms with Crippen LogP contribution in [0.25, 0.3) is 0 Å². The maximum Gasteiger partial charge on any atom is 0.252 e. The Balaban J connectivity index is 1.35. The van der Waals surface area contributed by atoms with Gasteiger partial charge >= 0.3 is 0 Å². The molecule has 34 heavy (non-hydrogen) atoms. The van der Waals surface area contributed by atoms with Crippen LogP contribution >= 0.6 is 0 Å². The number of carbonyl (C=O) groups is 1. The Kier molecular flexibility index (Phi) is 8.16. The molecule has 4 rings (SSSR count). The summed E-state index contributed by atoms with van der Waals surface area (Å²) in [7, 11) is 0. The van der Waals surface area contributed by atoms with Crippen molar-refractivity contribution in [3.05, 3.63) is 52.2 Å². The molecule has 2 aliphatic rings. The Bertz CT molecular complexity index is 1020. The summed E-state index contributed by atoms with van der Waals surface area (Å²) in [5.74, 6) is 0.601. The SMILES string of the molecule is CCCCC(=O)N1CCCN(c2nc(CN3CCN(c4ccccc4F)CC3)cc(=O)[nH]2)CC1. The third-order valence-corrected chi connectivity index (χ3v) is 6.63. The number of H-pyrrole nitrogens is 1. The Morgan fingerprint density at radius 3 is 2.56 bits per heavy atom. The Morgan fingerprint density at radius 2 is 1.79 bits per heavy atom. The van der Waals surface area contributed by atoms with E-state index < -0.39 is 0 Å². The molecule has 0 atom stereocenters. The maximum atomic E-state index is 14.1. The van der Waals surface area contributed by atoms with Gasteiger partial charge in [-0.3, -0.25) is 19.5 Å². The van der Waals surface area contributed by atoms with Crippen LogP contribution in [0.15, 0.2) is 35.1 Å². The van der Waals surface area contributed by atoms with Crippen LogP contribution in [0.5, 0.6) is 0 Å². The number of rotatable bonds is 7. The minimum absolute atomic E-state index is 0.162. The van der Waals surface area contributed by atoms with E-state index in [1.807, 2.05) is 17.0 Å². The highest BCUT2D eigenvalue weighted by atomic mass is 19.1. The van der Waals surface area contributed by atoms with E-state index in [-0.39, 0.29) is 17.3 Å². The van der Waals surface area contributed by atoms with Gasteiger partial charge < -0.3 is 14.7 Å². The second kappa shape index (κ2) is 11.5. The molecule has 0 saturated carbocycles. The van der Waals surface area contributed by atoms with Crippen LogP contribution in [0.1, 0.15) is 38.3 Å². The zero-order valence-electron chi connectivity index (χ0n) is 20.0. The number of amides is 1. The highest BCUT2D eigenvalue weighted by molar-refractivity contribution is 5.76. The van der Waals surface area contributed by atoms with Gasteiger partial charge in [-0.2, -0.15) is 0 Å². The van der Waals surface area contributed by atoms with Crippen molar-refractivity contribution in [2.24, 2.45) is 0 Å². The van der Waals surface area contributed by atoms with Crippen molar-refractivity contribution in [3.63, 3.8) is 0 Å². The third kappa shape index (κ3) is 6.14. The molecule has 1 N–H and O–H groups in total. The minimum Gasteiger partial charge on any atom is -0.367 e. The standard InChI is InChI=1S/C25H35FN6O2/c1-2-3-9-24(34)31-10-6-11-32(17-16-31)25-27-20(18-23(33)28-25)19-29-12-14-30(15-13-29)22-8-5-4-7-21(22)26/h4-5,7-8,18H,2-3,6,9-17,19H2,1H3,(H,27,28,33). The number of aromatic nitrogens is 2. The molecular weight excluding hydrogens is 435 g/mol. The lowest BCUT2D eigenvalue weighted by atomic mass is 10.2. The third-order valence-electron chi connectivity index (χ3n) is 6.63. The predicted octanol–water partition coefficient (Wildman–Crippen LogP) is 2.46. The topological polar surface area (TPSA) is 75.8 Å². The maximum absolute atomic E-state index is 14.1. The second-order valence-corrected chi connectivity index (χ2v) is 9.10. The number of nitrogens with one attached hydrogen (secondary N) is 1. The number of halogens is 1. The number of anilines is 2. The summed E-state index contributed by atoms with van der Waals surface area (Å²) in [6.07, 6.45) is 3.39. The quantitative estimate of drug-likeness (QED) is 0.670. The molecule has 1 amide bonds. The summed E-state index contributed by atoms with van der Waals surface area (Å²) >= 11 is 0. The van der Waals surface area contributed by atoms with Crippen LogP contribution in [0.3, 0.4) is 0 Å². The van der Waals surface area contributed by atoms with E-state index in [1.54, 1.807) is 12.1 Å². The lowest BCUT2D eigenvalue weighted by molar-refractivity contribution is -0.131. The molecule has 0 bridgehead atoms. The molecule has 9 heteroatoms. The van der Waals surface area contributed by atoms with Crippen molar-refractivity contribution < 1.29 is 9.18 Å². The highest BCUT2D eigenvalue weighted by Crippen LogP contribution is 2.21. The molecule has 0 unspecified atom stereocenters.